The van der Waals surface area contributed by atoms with Gasteiger partial charge in [-0.1, -0.05) is 54.9 Å². The lowest BCUT2D eigenvalue weighted by Crippen LogP contribution is -2.50. The minimum Gasteiger partial charge on any atom is -0.0651 e. The predicted octanol–water partition coefficient (Wildman–Crippen LogP) is 5.38. The lowest BCUT2D eigenvalue weighted by atomic mass is 9.47. The molecule has 0 aliphatic heterocycles. The molecule has 0 nitrogen and oxygen atoms in total. The van der Waals surface area contributed by atoms with E-state index in [0.717, 1.165) is 29.6 Å². The zero-order valence-corrected chi connectivity index (χ0v) is 12.5. The lowest BCUT2D eigenvalue weighted by Gasteiger charge is -2.57. The van der Waals surface area contributed by atoms with Gasteiger partial charge < -0.3 is 0 Å². The Morgan fingerprint density at radius 1 is 1.19 bits per heavy atom. The van der Waals surface area contributed by atoms with Gasteiger partial charge in [-0.3, -0.25) is 0 Å². The van der Waals surface area contributed by atoms with E-state index < -0.39 is 0 Å². The number of rotatable bonds is 5. The summed E-state index contributed by atoms with van der Waals surface area (Å²) in [5.41, 5.74) is 0.624. The summed E-state index contributed by atoms with van der Waals surface area (Å²) < 4.78 is 0. The zero-order valence-electron chi connectivity index (χ0n) is 12.5. The highest BCUT2D eigenvalue weighted by molar-refractivity contribution is 5.00. The van der Waals surface area contributed by atoms with E-state index in [4.69, 9.17) is 0 Å². The molecular formula is C16H32. The fourth-order valence-corrected chi connectivity index (χ4v) is 3.65. The molecule has 96 valence electrons. The van der Waals surface area contributed by atoms with Crippen molar-refractivity contribution in [1.29, 1.82) is 0 Å². The van der Waals surface area contributed by atoms with Crippen molar-refractivity contribution < 1.29 is 0 Å². The van der Waals surface area contributed by atoms with Gasteiger partial charge >= 0.3 is 0 Å². The second-order valence-corrected chi connectivity index (χ2v) is 7.07. The Morgan fingerprint density at radius 2 is 1.75 bits per heavy atom. The molecule has 16 heavy (non-hydrogen) atoms. The summed E-state index contributed by atoms with van der Waals surface area (Å²) in [6.07, 6.45) is 4.24. The number of hydrogen-bond acceptors (Lipinski definition) is 0. The van der Waals surface area contributed by atoms with Gasteiger partial charge in [-0.25, -0.2) is 0 Å². The van der Waals surface area contributed by atoms with Gasteiger partial charge in [-0.15, -0.1) is 0 Å². The van der Waals surface area contributed by atoms with E-state index >= 15 is 0 Å². The van der Waals surface area contributed by atoms with Crippen molar-refractivity contribution >= 4 is 0 Å². The second-order valence-electron chi connectivity index (χ2n) is 7.07. The first-order valence-electron chi connectivity index (χ1n) is 7.32. The molecule has 1 fully saturated rings. The average molecular weight is 224 g/mol. The second kappa shape index (κ2) is 5.10. The summed E-state index contributed by atoms with van der Waals surface area (Å²) in [7, 11) is 0. The van der Waals surface area contributed by atoms with Crippen LogP contribution in [0.25, 0.3) is 0 Å². The van der Waals surface area contributed by atoms with Crippen LogP contribution >= 0.6 is 0 Å². The third-order valence-electron chi connectivity index (χ3n) is 5.75. The molecule has 1 aliphatic carbocycles. The standard InChI is InChI=1S/C16H32/c1-8-12(4)10-16(7)13(5)9-15(16)14(6)11(2)3/h11-15H,8-10H2,1-7H3. The van der Waals surface area contributed by atoms with E-state index in [2.05, 4.69) is 48.5 Å². The van der Waals surface area contributed by atoms with Crippen molar-refractivity contribution in [1.82, 2.24) is 0 Å². The minimum absolute atomic E-state index is 0.624. The first-order valence-corrected chi connectivity index (χ1v) is 7.32. The lowest BCUT2D eigenvalue weighted by molar-refractivity contribution is -0.0849. The van der Waals surface area contributed by atoms with Gasteiger partial charge in [-0.05, 0) is 47.8 Å². The maximum absolute atomic E-state index is 2.55. The molecule has 1 aliphatic rings. The Balaban J connectivity index is 2.68. The topological polar surface area (TPSA) is 0 Å². The molecule has 0 saturated heterocycles. The molecule has 0 radical (unpaired) electrons. The van der Waals surface area contributed by atoms with Crippen molar-refractivity contribution in [2.45, 2.75) is 67.7 Å². The molecular weight excluding hydrogens is 192 g/mol. The predicted molar refractivity (Wildman–Crippen MR) is 73.5 cm³/mol. The van der Waals surface area contributed by atoms with E-state index in [1.807, 2.05) is 0 Å². The highest BCUT2D eigenvalue weighted by Crippen LogP contribution is 2.59. The zero-order chi connectivity index (χ0) is 12.5. The summed E-state index contributed by atoms with van der Waals surface area (Å²) in [5.74, 6) is 4.54. The molecule has 0 amide bonds. The molecule has 0 N–H and O–H groups in total. The van der Waals surface area contributed by atoms with Crippen LogP contribution in [0.3, 0.4) is 0 Å². The van der Waals surface area contributed by atoms with Gasteiger partial charge in [-0.2, -0.15) is 0 Å². The van der Waals surface area contributed by atoms with Crippen LogP contribution in [-0.2, 0) is 0 Å². The van der Waals surface area contributed by atoms with Crippen molar-refractivity contribution in [2.24, 2.45) is 35.0 Å². The molecule has 0 aromatic rings. The Hall–Kier alpha value is 0. The first kappa shape index (κ1) is 14.1. The molecule has 0 spiro atoms. The van der Waals surface area contributed by atoms with E-state index in [0.29, 0.717) is 5.41 Å². The van der Waals surface area contributed by atoms with Crippen LogP contribution in [0.2, 0.25) is 0 Å². The van der Waals surface area contributed by atoms with Crippen molar-refractivity contribution in [2.75, 3.05) is 0 Å². The van der Waals surface area contributed by atoms with Crippen molar-refractivity contribution in [3.8, 4) is 0 Å². The summed E-state index contributed by atoms with van der Waals surface area (Å²) in [6, 6.07) is 0. The molecule has 0 bridgehead atoms. The van der Waals surface area contributed by atoms with Gasteiger partial charge in [0, 0.05) is 0 Å². The van der Waals surface area contributed by atoms with Gasteiger partial charge in [0.1, 0.15) is 0 Å². The van der Waals surface area contributed by atoms with Crippen LogP contribution in [0.5, 0.6) is 0 Å². The summed E-state index contributed by atoms with van der Waals surface area (Å²) in [5, 5.41) is 0. The van der Waals surface area contributed by atoms with Crippen LogP contribution in [0.15, 0.2) is 0 Å². The third-order valence-corrected chi connectivity index (χ3v) is 5.75. The first-order chi connectivity index (χ1) is 7.32. The molecule has 1 saturated carbocycles. The van der Waals surface area contributed by atoms with E-state index in [1.54, 1.807) is 0 Å². The largest absolute Gasteiger partial charge is 0.0651 e. The summed E-state index contributed by atoms with van der Waals surface area (Å²) in [6.45, 7) is 17.0. The normalized spacial score (nSPS) is 38.2. The van der Waals surface area contributed by atoms with Crippen LogP contribution in [0, 0.1) is 35.0 Å². The average Bonchev–Trinajstić information content (AvgIpc) is 2.24. The highest BCUT2D eigenvalue weighted by atomic mass is 14.6. The summed E-state index contributed by atoms with van der Waals surface area (Å²) >= 11 is 0. The Kier molecular flexibility index (Phi) is 4.49. The molecule has 0 heteroatoms. The Bertz CT molecular complexity index is 218. The summed E-state index contributed by atoms with van der Waals surface area (Å²) in [4.78, 5) is 0. The van der Waals surface area contributed by atoms with Crippen LogP contribution < -0.4 is 0 Å². The van der Waals surface area contributed by atoms with Crippen LogP contribution in [-0.4, -0.2) is 0 Å². The SMILES string of the molecule is CCC(C)CC1(C)C(C)CC1C(C)C(C)C. The van der Waals surface area contributed by atoms with E-state index in [1.165, 1.54) is 19.3 Å². The minimum atomic E-state index is 0.624. The highest BCUT2D eigenvalue weighted by Gasteiger charge is 2.51. The van der Waals surface area contributed by atoms with Gasteiger partial charge in [0.15, 0.2) is 0 Å². The van der Waals surface area contributed by atoms with Crippen molar-refractivity contribution in [3.05, 3.63) is 0 Å². The van der Waals surface area contributed by atoms with Gasteiger partial charge in [0.05, 0.1) is 0 Å². The van der Waals surface area contributed by atoms with Crippen LogP contribution in [0.1, 0.15) is 67.7 Å². The van der Waals surface area contributed by atoms with E-state index in [-0.39, 0.29) is 0 Å². The smallest absolute Gasteiger partial charge is 0.0266 e. The van der Waals surface area contributed by atoms with Gasteiger partial charge in [0.2, 0.25) is 0 Å². The Labute approximate surface area is 103 Å². The maximum Gasteiger partial charge on any atom is -0.0266 e. The molecule has 0 aromatic heterocycles. The number of hydrogen-bond donors (Lipinski definition) is 0. The molecule has 0 aromatic carbocycles. The van der Waals surface area contributed by atoms with Crippen LogP contribution in [0.4, 0.5) is 0 Å². The Morgan fingerprint density at radius 3 is 2.12 bits per heavy atom. The molecule has 0 heterocycles. The third kappa shape index (κ3) is 2.46. The monoisotopic (exact) mass is 224 g/mol. The fraction of sp³-hybridized carbons (Fsp3) is 1.00. The van der Waals surface area contributed by atoms with Gasteiger partial charge in [0.25, 0.3) is 0 Å². The molecule has 1 rings (SSSR count). The van der Waals surface area contributed by atoms with Crippen molar-refractivity contribution in [3.63, 3.8) is 0 Å². The van der Waals surface area contributed by atoms with E-state index in [9.17, 15) is 0 Å². The molecule has 5 unspecified atom stereocenters. The maximum atomic E-state index is 2.55. The fourth-order valence-electron chi connectivity index (χ4n) is 3.65. The quantitative estimate of drug-likeness (QED) is 0.588. The molecule has 5 atom stereocenters.